The van der Waals surface area contributed by atoms with Crippen molar-refractivity contribution < 1.29 is 4.79 Å². The third-order valence-corrected chi connectivity index (χ3v) is 3.90. The smallest absolute Gasteiger partial charge is 0.176 e. The molecular weight excluding hydrogens is 272 g/mol. The first kappa shape index (κ1) is 14.7. The summed E-state index contributed by atoms with van der Waals surface area (Å²) in [5, 5.41) is 6.74. The fourth-order valence-electron chi connectivity index (χ4n) is 2.74. The van der Waals surface area contributed by atoms with E-state index in [1.165, 1.54) is 11.1 Å². The van der Waals surface area contributed by atoms with Crippen LogP contribution >= 0.6 is 0 Å². The summed E-state index contributed by atoms with van der Waals surface area (Å²) in [6.07, 6.45) is 2.20. The zero-order valence-corrected chi connectivity index (χ0v) is 12.5. The molecule has 0 bridgehead atoms. The third-order valence-electron chi connectivity index (χ3n) is 3.90. The Bertz CT molecular complexity index is 650. The molecule has 1 heterocycles. The number of hydrogen-bond donors (Lipinski definition) is 2. The number of benzene rings is 2. The van der Waals surface area contributed by atoms with Gasteiger partial charge in [-0.15, -0.1) is 0 Å². The van der Waals surface area contributed by atoms with Gasteiger partial charge >= 0.3 is 0 Å². The van der Waals surface area contributed by atoms with E-state index in [1.54, 1.807) is 0 Å². The van der Waals surface area contributed by atoms with Crippen molar-refractivity contribution in [2.75, 3.05) is 19.6 Å². The van der Waals surface area contributed by atoms with Crippen LogP contribution in [-0.4, -0.2) is 31.5 Å². The molecule has 0 aromatic heterocycles. The molecule has 1 unspecified atom stereocenters. The van der Waals surface area contributed by atoms with Crippen molar-refractivity contribution >= 4 is 11.4 Å². The molecule has 0 radical (unpaired) electrons. The normalized spacial score (nSPS) is 17.8. The molecule has 0 saturated heterocycles. The van der Waals surface area contributed by atoms with Crippen LogP contribution in [0.2, 0.25) is 0 Å². The Morgan fingerprint density at radius 3 is 2.45 bits per heavy atom. The van der Waals surface area contributed by atoms with E-state index in [4.69, 9.17) is 0 Å². The Morgan fingerprint density at radius 1 is 1.05 bits per heavy atom. The van der Waals surface area contributed by atoms with Crippen molar-refractivity contribution in [2.45, 2.75) is 6.04 Å². The maximum Gasteiger partial charge on any atom is 0.176 e. The Kier molecular flexibility index (Phi) is 4.78. The van der Waals surface area contributed by atoms with E-state index < -0.39 is 0 Å². The minimum Gasteiger partial charge on any atom is -0.311 e. The molecule has 3 nitrogen and oxygen atoms in total. The Morgan fingerprint density at radius 2 is 1.73 bits per heavy atom. The maximum atomic E-state index is 12.2. The van der Waals surface area contributed by atoms with E-state index in [0.717, 1.165) is 18.7 Å². The van der Waals surface area contributed by atoms with Gasteiger partial charge in [-0.2, -0.15) is 0 Å². The average molecular weight is 292 g/mol. The molecular formula is C19H20N2O. The van der Waals surface area contributed by atoms with Crippen molar-refractivity contribution in [3.8, 4) is 0 Å². The number of Topliss-reactive ketones (excluding diaryl/α,β-unsaturated/α-hetero) is 1. The lowest BCUT2D eigenvalue weighted by Gasteiger charge is -2.26. The van der Waals surface area contributed by atoms with Crippen LogP contribution in [0.1, 0.15) is 15.9 Å². The molecule has 0 spiro atoms. The lowest BCUT2D eigenvalue weighted by atomic mass is 9.95. The number of carbonyl (C=O) groups excluding carboxylic acids is 1. The van der Waals surface area contributed by atoms with Gasteiger partial charge in [0, 0.05) is 24.7 Å². The second-order valence-corrected chi connectivity index (χ2v) is 5.41. The van der Waals surface area contributed by atoms with E-state index in [0.29, 0.717) is 6.54 Å². The van der Waals surface area contributed by atoms with Gasteiger partial charge < -0.3 is 10.6 Å². The average Bonchev–Trinajstić information content (AvgIpc) is 2.61. The molecule has 2 aromatic rings. The first-order valence-corrected chi connectivity index (χ1v) is 7.62. The van der Waals surface area contributed by atoms with Gasteiger partial charge in [0.2, 0.25) is 0 Å². The number of hydrogen-bond acceptors (Lipinski definition) is 3. The topological polar surface area (TPSA) is 41.1 Å². The summed E-state index contributed by atoms with van der Waals surface area (Å²) in [6.45, 7) is 2.05. The highest BCUT2D eigenvalue weighted by Crippen LogP contribution is 2.19. The molecule has 0 saturated carbocycles. The summed E-state index contributed by atoms with van der Waals surface area (Å²) in [6, 6.07) is 19.9. The summed E-state index contributed by atoms with van der Waals surface area (Å²) in [5.41, 5.74) is 3.23. The van der Waals surface area contributed by atoms with Crippen molar-refractivity contribution in [1.29, 1.82) is 0 Å². The zero-order chi connectivity index (χ0) is 15.2. The van der Waals surface area contributed by atoms with Crippen LogP contribution in [0.15, 0.2) is 66.7 Å². The molecule has 0 fully saturated rings. The highest BCUT2D eigenvalue weighted by molar-refractivity contribution is 5.97. The Balaban J connectivity index is 1.67. The SMILES string of the molecule is O=C(CNC1CNCC=C1c1ccccc1)c1ccccc1. The van der Waals surface area contributed by atoms with Crippen LogP contribution < -0.4 is 10.6 Å². The molecule has 0 amide bonds. The molecule has 3 heteroatoms. The van der Waals surface area contributed by atoms with E-state index in [9.17, 15) is 4.79 Å². The first-order chi connectivity index (χ1) is 10.8. The highest BCUT2D eigenvalue weighted by Gasteiger charge is 2.19. The second-order valence-electron chi connectivity index (χ2n) is 5.41. The maximum absolute atomic E-state index is 12.2. The van der Waals surface area contributed by atoms with Crippen molar-refractivity contribution in [1.82, 2.24) is 10.6 Å². The van der Waals surface area contributed by atoms with Gasteiger partial charge in [0.05, 0.1) is 6.54 Å². The quantitative estimate of drug-likeness (QED) is 0.832. The van der Waals surface area contributed by atoms with Gasteiger partial charge in [-0.05, 0) is 11.1 Å². The first-order valence-electron chi connectivity index (χ1n) is 7.62. The number of carbonyl (C=O) groups is 1. The fraction of sp³-hybridized carbons (Fsp3) is 0.211. The molecule has 2 aromatic carbocycles. The predicted molar refractivity (Wildman–Crippen MR) is 89.9 cm³/mol. The van der Waals surface area contributed by atoms with Crippen LogP contribution in [0.4, 0.5) is 0 Å². The van der Waals surface area contributed by atoms with Gasteiger partial charge in [-0.3, -0.25) is 4.79 Å². The van der Waals surface area contributed by atoms with Gasteiger partial charge in [0.1, 0.15) is 0 Å². The highest BCUT2D eigenvalue weighted by atomic mass is 16.1. The van der Waals surface area contributed by atoms with Crippen LogP contribution in [-0.2, 0) is 0 Å². The number of nitrogens with one attached hydrogen (secondary N) is 2. The molecule has 1 atom stereocenters. The van der Waals surface area contributed by atoms with E-state index >= 15 is 0 Å². The molecule has 1 aliphatic rings. The minimum absolute atomic E-state index is 0.124. The summed E-state index contributed by atoms with van der Waals surface area (Å²) in [7, 11) is 0. The van der Waals surface area contributed by atoms with Gasteiger partial charge in [0.25, 0.3) is 0 Å². The molecule has 1 aliphatic heterocycles. The van der Waals surface area contributed by atoms with Gasteiger partial charge in [-0.25, -0.2) is 0 Å². The van der Waals surface area contributed by atoms with Gasteiger partial charge in [-0.1, -0.05) is 66.7 Å². The molecule has 22 heavy (non-hydrogen) atoms. The Labute approximate surface area is 131 Å². The number of ketones is 1. The lowest BCUT2D eigenvalue weighted by Crippen LogP contribution is -2.44. The van der Waals surface area contributed by atoms with Crippen molar-refractivity contribution in [3.63, 3.8) is 0 Å². The minimum atomic E-state index is 0.124. The summed E-state index contributed by atoms with van der Waals surface area (Å²) in [4.78, 5) is 12.2. The molecule has 0 aliphatic carbocycles. The van der Waals surface area contributed by atoms with E-state index in [1.807, 2.05) is 48.5 Å². The van der Waals surface area contributed by atoms with Crippen molar-refractivity contribution in [3.05, 3.63) is 77.9 Å². The summed E-state index contributed by atoms with van der Waals surface area (Å²) >= 11 is 0. The van der Waals surface area contributed by atoms with E-state index in [-0.39, 0.29) is 11.8 Å². The third kappa shape index (κ3) is 3.50. The number of rotatable bonds is 5. The van der Waals surface area contributed by atoms with Crippen LogP contribution in [0.25, 0.3) is 5.57 Å². The van der Waals surface area contributed by atoms with Crippen LogP contribution in [0.5, 0.6) is 0 Å². The van der Waals surface area contributed by atoms with Crippen LogP contribution in [0.3, 0.4) is 0 Å². The predicted octanol–water partition coefficient (Wildman–Crippen LogP) is 2.51. The molecule has 2 N–H and O–H groups in total. The zero-order valence-electron chi connectivity index (χ0n) is 12.5. The standard InChI is InChI=1S/C19H20N2O/c22-19(16-9-5-2-6-10-16)14-21-18-13-20-12-11-17(18)15-7-3-1-4-8-15/h1-11,18,20-21H,12-14H2. The summed E-state index contributed by atoms with van der Waals surface area (Å²) < 4.78 is 0. The van der Waals surface area contributed by atoms with Crippen molar-refractivity contribution in [2.24, 2.45) is 0 Å². The molecule has 3 rings (SSSR count). The van der Waals surface area contributed by atoms with E-state index in [2.05, 4.69) is 28.8 Å². The fourth-order valence-corrected chi connectivity index (χ4v) is 2.74. The molecule has 112 valence electrons. The van der Waals surface area contributed by atoms with Crippen LogP contribution in [0, 0.1) is 0 Å². The Hall–Kier alpha value is -2.23. The monoisotopic (exact) mass is 292 g/mol. The second kappa shape index (κ2) is 7.16. The largest absolute Gasteiger partial charge is 0.311 e. The lowest BCUT2D eigenvalue weighted by molar-refractivity contribution is 0.0989. The summed E-state index contributed by atoms with van der Waals surface area (Å²) in [5.74, 6) is 0.124. The van der Waals surface area contributed by atoms with Gasteiger partial charge in [0.15, 0.2) is 5.78 Å².